The largest absolute Gasteiger partial charge is 0.493 e. The monoisotopic (exact) mass is 2000 g/mol. The molecule has 0 atom stereocenters. The van der Waals surface area contributed by atoms with Gasteiger partial charge < -0.3 is 28.9 Å². The number of aromatic amines is 2. The van der Waals surface area contributed by atoms with Gasteiger partial charge in [0.2, 0.25) is 6.79 Å². The van der Waals surface area contributed by atoms with E-state index in [2.05, 4.69) is 142 Å². The van der Waals surface area contributed by atoms with E-state index >= 15 is 0 Å². The van der Waals surface area contributed by atoms with Gasteiger partial charge in [-0.05, 0) is 200 Å². The van der Waals surface area contributed by atoms with Gasteiger partial charge in [0.15, 0.2) is 23.5 Å². The number of benzene rings is 9. The molecule has 22 rings (SSSR count). The number of fused-ring (bicyclic) bond motifs is 11. The number of H-pyrrole nitrogens is 2. The van der Waals surface area contributed by atoms with E-state index < -0.39 is 0 Å². The number of nitrogens with zero attached hydrogens (tertiary/aromatic N) is 6. The molecule has 0 unspecified atom stereocenters. The third kappa shape index (κ3) is 70.5. The third-order valence-electron chi connectivity index (χ3n) is 17.1. The van der Waals surface area contributed by atoms with Crippen LogP contribution in [0.5, 0.6) is 17.2 Å². The molecule has 3 aliphatic carbocycles. The van der Waals surface area contributed by atoms with Crippen LogP contribution in [-0.2, 0) is 57.8 Å². The number of thioether (sulfide) groups is 1. The minimum Gasteiger partial charge on any atom is -0.493 e. The number of aromatic nitrogens is 8. The molecular formula is C128H213N9O4S2. The number of hydrogen-bond donors (Lipinski definition) is 3. The normalized spacial score (nSPS) is 10.1. The Hall–Kier alpha value is -10.9. The number of rotatable bonds is 0. The van der Waals surface area contributed by atoms with E-state index in [9.17, 15) is 0 Å². The summed E-state index contributed by atoms with van der Waals surface area (Å²) in [6.45, 7) is 90.3. The summed E-state index contributed by atoms with van der Waals surface area (Å²) in [4.78, 5) is 25.0. The number of aryl methyl sites for hydroxylation is 7. The second kappa shape index (κ2) is 127. The van der Waals surface area contributed by atoms with E-state index in [0.717, 1.165) is 75.4 Å². The van der Waals surface area contributed by atoms with E-state index in [1.165, 1.54) is 137 Å². The second-order valence-corrected chi connectivity index (χ2v) is 25.7. The van der Waals surface area contributed by atoms with Gasteiger partial charge in [-0.2, -0.15) is 5.10 Å². The van der Waals surface area contributed by atoms with Crippen LogP contribution in [0.25, 0.3) is 43.3 Å². The number of ether oxygens (including phenoxy) is 3. The van der Waals surface area contributed by atoms with Crippen molar-refractivity contribution in [1.29, 1.82) is 0 Å². The van der Waals surface area contributed by atoms with Gasteiger partial charge in [0.05, 0.1) is 51.4 Å². The van der Waals surface area contributed by atoms with E-state index in [1.807, 2.05) is 486 Å². The molecule has 0 radical (unpaired) electrons. The molecule has 143 heavy (non-hydrogen) atoms. The first-order chi connectivity index (χ1) is 71.1. The van der Waals surface area contributed by atoms with Crippen molar-refractivity contribution in [2.45, 2.75) is 387 Å². The number of pyridine rings is 2. The molecule has 0 bridgehead atoms. The highest BCUT2D eigenvalue weighted by atomic mass is 32.2. The lowest BCUT2D eigenvalue weighted by molar-refractivity contribution is 0.174. The van der Waals surface area contributed by atoms with Crippen LogP contribution in [0.2, 0.25) is 0 Å². The Morgan fingerprint density at radius 1 is 0.294 bits per heavy atom. The summed E-state index contributed by atoms with van der Waals surface area (Å²) >= 11 is 3.64. The zero-order valence-electron chi connectivity index (χ0n) is 99.5. The molecule has 0 amide bonds. The number of nitrogens with one attached hydrogen (secondary N) is 3. The van der Waals surface area contributed by atoms with Crippen LogP contribution in [-0.4, -0.2) is 65.8 Å². The highest BCUT2D eigenvalue weighted by Crippen LogP contribution is 2.32. The first kappa shape index (κ1) is 155. The lowest BCUT2D eigenvalue weighted by Crippen LogP contribution is -1.92. The van der Waals surface area contributed by atoms with Gasteiger partial charge in [-0.25, -0.2) is 15.0 Å². The topological polar surface area (TPSA) is 162 Å². The molecule has 13 nitrogen and oxygen atoms in total. The van der Waals surface area contributed by atoms with E-state index in [0.29, 0.717) is 6.79 Å². The SMILES string of the molecule is CC.CC.CC.CC.CC.CC.CC.CC.CC.CC.CC.CC.CC.CC.CC.CC.CC.CC.CC.CC.CC.CC.c1cc2c(cn1)CCC2.c1ccc2[nH]cnc2c1.c1ccc2[nH]ncc2c1.c1ccc2c(c1)CCC2.c1ccc2c(c1)CCN2.c1ccc2c(c1)CCO2.c1ccc2c(c1)CCS2.c1ccc2c(c1)OCO2.c1ccc2ocnc2c1.c1ccc2scnc2c1.c1cnc2c(c1)CCC2. The Kier molecular flexibility index (Phi) is 138. The average molecular weight is 2010 g/mol. The molecule has 4 aliphatic heterocycles. The van der Waals surface area contributed by atoms with Crippen molar-refractivity contribution < 1.29 is 18.6 Å². The number of para-hydroxylation sites is 10. The minimum atomic E-state index is 0.360. The van der Waals surface area contributed by atoms with Crippen LogP contribution < -0.4 is 19.5 Å². The average Bonchev–Trinajstić information content (AvgIpc) is 1.85. The first-order valence-electron chi connectivity index (χ1n) is 56.0. The molecule has 6 aromatic heterocycles. The van der Waals surface area contributed by atoms with Crippen LogP contribution in [0.15, 0.2) is 289 Å². The summed E-state index contributed by atoms with van der Waals surface area (Å²) in [6.07, 6.45) is 25.8. The van der Waals surface area contributed by atoms with Crippen molar-refractivity contribution in [2.24, 2.45) is 0 Å². The summed E-state index contributed by atoms with van der Waals surface area (Å²) in [5.41, 5.74) is 22.5. The quantitative estimate of drug-likeness (QED) is 0.132. The van der Waals surface area contributed by atoms with Gasteiger partial charge >= 0.3 is 0 Å². The predicted molar refractivity (Wildman–Crippen MR) is 654 cm³/mol. The van der Waals surface area contributed by atoms with Gasteiger partial charge in [-0.1, -0.05) is 456 Å². The number of thiazole rings is 1. The van der Waals surface area contributed by atoms with Crippen molar-refractivity contribution in [3.63, 3.8) is 0 Å². The third-order valence-corrected chi connectivity index (χ3v) is 19.0. The van der Waals surface area contributed by atoms with Gasteiger partial charge in [0, 0.05) is 59.0 Å². The Morgan fingerprint density at radius 2 is 0.727 bits per heavy atom. The molecule has 0 saturated heterocycles. The lowest BCUT2D eigenvalue weighted by Gasteiger charge is -1.94. The Balaban J connectivity index is -0.000000143. The van der Waals surface area contributed by atoms with E-state index in [1.54, 1.807) is 28.8 Å². The highest BCUT2D eigenvalue weighted by molar-refractivity contribution is 7.99. The number of oxazole rings is 1. The van der Waals surface area contributed by atoms with Crippen LogP contribution in [0, 0.1) is 0 Å². The van der Waals surface area contributed by atoms with Crippen LogP contribution in [0.3, 0.4) is 0 Å². The molecule has 0 saturated carbocycles. The Bertz CT molecular complexity index is 3870. The van der Waals surface area contributed by atoms with Crippen molar-refractivity contribution in [3.05, 3.63) is 330 Å². The maximum absolute atomic E-state index is 5.30. The fourth-order valence-electron chi connectivity index (χ4n) is 12.0. The number of imidazole rings is 1. The number of hydrogen-bond acceptors (Lipinski definition) is 13. The summed E-state index contributed by atoms with van der Waals surface area (Å²) in [7, 11) is 0. The molecule has 806 valence electrons. The predicted octanol–water partition coefficient (Wildman–Crippen LogP) is 42.2. The standard InChI is InChI=1S/C9H10.3C8H9N.C8H8O.C8H8S.2C7H6N2.C7H5NO.C7H5NS.C7H6O2.22C2H6/c1-2-5-9-7-3-6-8(9)4-1;1-3-7-4-2-6-9-8(7)5-1;1-2-7-4-5-9-6-8(7)3-1;3*1-2-4-8-7(3-1)5-6-9-8;1-2-4-7-6(3-1)8-5-9-7;1-2-4-7-6(3-1)5-8-9-7;3*1-2-4-7-6(3-1)8-5-9-7;22*1-2/h1-2,4-5H,3,6-7H2;2,4,6H,1,3,5H2;4-6H,1-3H2;1-4,9H,5-6H2;2*1-4H,5-6H2;2*1-5H,(H,8,9);2*1-5H;1-4H,5H2;22*1-2H3. The second-order valence-electron chi connectivity index (χ2n) is 23.7. The van der Waals surface area contributed by atoms with Crippen molar-refractivity contribution in [1.82, 2.24) is 40.1 Å². The van der Waals surface area contributed by atoms with Crippen molar-refractivity contribution >= 4 is 72.0 Å². The van der Waals surface area contributed by atoms with Gasteiger partial charge in [0.1, 0.15) is 11.3 Å². The fraction of sp³-hybridized carbons (Fsp3) is 0.469. The summed E-state index contributed by atoms with van der Waals surface area (Å²) < 4.78 is 21.7. The lowest BCUT2D eigenvalue weighted by atomic mass is 10.1. The first-order valence-corrected chi connectivity index (χ1v) is 57.8. The Morgan fingerprint density at radius 3 is 1.24 bits per heavy atom. The molecule has 15 aromatic rings. The highest BCUT2D eigenvalue weighted by Gasteiger charge is 2.14. The molecule has 15 heteroatoms. The van der Waals surface area contributed by atoms with Crippen molar-refractivity contribution in [2.75, 3.05) is 31.0 Å². The minimum absolute atomic E-state index is 0.360. The zero-order valence-corrected chi connectivity index (χ0v) is 101. The van der Waals surface area contributed by atoms with Crippen molar-refractivity contribution in [3.8, 4) is 17.2 Å². The maximum atomic E-state index is 5.30. The van der Waals surface area contributed by atoms with E-state index in [4.69, 9.17) is 18.6 Å². The van der Waals surface area contributed by atoms with E-state index in [-0.39, 0.29) is 0 Å². The smallest absolute Gasteiger partial charge is 0.231 e. The zero-order chi connectivity index (χ0) is 111. The molecule has 9 aromatic carbocycles. The van der Waals surface area contributed by atoms with Crippen LogP contribution >= 0.6 is 23.1 Å². The summed E-state index contributed by atoms with van der Waals surface area (Å²) in [6, 6.07) is 79.7. The number of anilines is 1. The Labute approximate surface area is 889 Å². The molecular weight excluding hydrogens is 1790 g/mol. The molecule has 0 fully saturated rings. The molecule has 10 heterocycles. The van der Waals surface area contributed by atoms with Crippen LogP contribution in [0.1, 0.15) is 374 Å². The molecule has 3 N–H and O–H groups in total. The molecule has 0 spiro atoms. The van der Waals surface area contributed by atoms with Gasteiger partial charge in [0.25, 0.3) is 0 Å². The summed E-state index contributed by atoms with van der Waals surface area (Å²) in [5.74, 6) is 4.03. The maximum Gasteiger partial charge on any atom is 0.231 e. The van der Waals surface area contributed by atoms with Gasteiger partial charge in [-0.3, -0.25) is 15.1 Å². The van der Waals surface area contributed by atoms with Gasteiger partial charge in [-0.15, -0.1) is 23.1 Å². The molecule has 7 aliphatic rings. The van der Waals surface area contributed by atoms with Crippen LogP contribution in [0.4, 0.5) is 5.69 Å². The fourth-order valence-corrected chi connectivity index (χ4v) is 13.7. The summed E-state index contributed by atoms with van der Waals surface area (Å²) in [5, 5.41) is 11.2.